The van der Waals surface area contributed by atoms with Gasteiger partial charge >= 0.3 is 6.18 Å². The normalized spacial score (nSPS) is 15.3. The predicted octanol–water partition coefficient (Wildman–Crippen LogP) is 5.63. The number of hydrogen-bond donors (Lipinski definition) is 1. The van der Waals surface area contributed by atoms with Crippen LogP contribution in [0.3, 0.4) is 0 Å². The number of nitrogens with zero attached hydrogens (tertiary/aromatic N) is 2. The Morgan fingerprint density at radius 3 is 2.45 bits per heavy atom. The molecule has 10 heteroatoms. The lowest BCUT2D eigenvalue weighted by molar-refractivity contribution is -0.138. The van der Waals surface area contributed by atoms with Gasteiger partial charge in [0.05, 0.1) is 11.3 Å². The number of nitrogens with one attached hydrogen (secondary N) is 1. The van der Waals surface area contributed by atoms with Crippen molar-refractivity contribution < 1.29 is 26.4 Å². The first kappa shape index (κ1) is 24.8. The topological polar surface area (TPSA) is 78.8 Å². The smallest absolute Gasteiger partial charge is 0.328 e. The monoisotopic (exact) mass is 481 g/mol. The molecule has 2 aromatic rings. The minimum Gasteiger partial charge on any atom is -0.328 e. The van der Waals surface area contributed by atoms with Gasteiger partial charge in [-0.2, -0.15) is 21.6 Å². The van der Waals surface area contributed by atoms with Gasteiger partial charge in [-0.05, 0) is 55.2 Å². The first-order chi connectivity index (χ1) is 15.3. The van der Waals surface area contributed by atoms with Gasteiger partial charge in [-0.25, -0.2) is 0 Å². The molecular formula is C23H26F3N3O3S. The number of amidine groups is 1. The highest BCUT2D eigenvalue weighted by atomic mass is 32.2. The molecule has 1 aliphatic rings. The quantitative estimate of drug-likeness (QED) is 0.580. The second-order valence-electron chi connectivity index (χ2n) is 8.40. The average Bonchev–Trinajstić information content (AvgIpc) is 2.70. The van der Waals surface area contributed by atoms with Crippen LogP contribution in [0.1, 0.15) is 55.1 Å². The highest BCUT2D eigenvalue weighted by Crippen LogP contribution is 2.36. The summed E-state index contributed by atoms with van der Waals surface area (Å²) in [5.74, 6) is -0.0675. The van der Waals surface area contributed by atoms with Crippen molar-refractivity contribution in [2.24, 2.45) is 10.3 Å². The lowest BCUT2D eigenvalue weighted by Crippen LogP contribution is -2.38. The Bertz CT molecular complexity index is 1210. The maximum absolute atomic E-state index is 13.2. The number of hydrogen-bond acceptors (Lipinski definition) is 4. The largest absolute Gasteiger partial charge is 0.416 e. The van der Waals surface area contributed by atoms with E-state index in [0.717, 1.165) is 12.5 Å². The van der Waals surface area contributed by atoms with E-state index < -0.39 is 27.7 Å². The molecule has 6 nitrogen and oxygen atoms in total. The third-order valence-electron chi connectivity index (χ3n) is 5.15. The summed E-state index contributed by atoms with van der Waals surface area (Å²) in [5, 5.41) is 2.50. The van der Waals surface area contributed by atoms with Crippen molar-refractivity contribution in [3.8, 4) is 0 Å². The molecule has 0 saturated heterocycles. The van der Waals surface area contributed by atoms with Crippen LogP contribution in [-0.2, 0) is 16.2 Å². The van der Waals surface area contributed by atoms with Crippen LogP contribution < -0.4 is 10.2 Å². The first-order valence-electron chi connectivity index (χ1n) is 10.6. The minimum absolute atomic E-state index is 0.00455. The first-order valence-corrected chi connectivity index (χ1v) is 12.0. The Labute approximate surface area is 191 Å². The zero-order valence-corrected chi connectivity index (χ0v) is 19.6. The zero-order valence-electron chi connectivity index (χ0n) is 18.8. The Hall–Kier alpha value is -2.88. The number of sulfonamides is 1. The molecule has 1 aliphatic heterocycles. The fourth-order valence-electron chi connectivity index (χ4n) is 3.64. The van der Waals surface area contributed by atoms with Crippen LogP contribution in [0.25, 0.3) is 0 Å². The van der Waals surface area contributed by atoms with Crippen LogP contribution in [0.4, 0.5) is 24.5 Å². The summed E-state index contributed by atoms with van der Waals surface area (Å²) in [5.41, 5.74) is -0.460. The molecule has 178 valence electrons. The number of benzene rings is 2. The fourth-order valence-corrected chi connectivity index (χ4v) is 4.93. The van der Waals surface area contributed by atoms with E-state index in [-0.39, 0.29) is 27.6 Å². The van der Waals surface area contributed by atoms with E-state index in [1.54, 1.807) is 6.07 Å². The standard InChI is InChI=1S/C23H26F3N3O3S/c1-5-6-21-28-33(31,32)20-12-17(9-10-19(20)29(21)13-14(2)3)27-22(30)16-8-7-15(4)18(11-16)23(24,25)26/h7-12,14H,5-6,13H2,1-4H3,(H,27,30). The number of amides is 1. The Morgan fingerprint density at radius 2 is 1.85 bits per heavy atom. The number of carbonyl (C=O) groups excluding carboxylic acids is 1. The van der Waals surface area contributed by atoms with Crippen molar-refractivity contribution >= 4 is 33.1 Å². The summed E-state index contributed by atoms with van der Waals surface area (Å²) in [6, 6.07) is 7.72. The van der Waals surface area contributed by atoms with E-state index in [9.17, 15) is 26.4 Å². The van der Waals surface area contributed by atoms with Crippen LogP contribution in [-0.4, -0.2) is 26.7 Å². The van der Waals surface area contributed by atoms with Gasteiger partial charge in [0.25, 0.3) is 15.9 Å². The number of aryl methyl sites for hydroxylation is 1. The summed E-state index contributed by atoms with van der Waals surface area (Å²) in [6.45, 7) is 7.84. The van der Waals surface area contributed by atoms with Gasteiger partial charge in [0.1, 0.15) is 10.7 Å². The van der Waals surface area contributed by atoms with E-state index in [0.29, 0.717) is 24.5 Å². The van der Waals surface area contributed by atoms with Gasteiger partial charge in [-0.15, -0.1) is 4.40 Å². The summed E-state index contributed by atoms with van der Waals surface area (Å²) >= 11 is 0. The molecule has 0 bridgehead atoms. The summed E-state index contributed by atoms with van der Waals surface area (Å²) in [7, 11) is -3.99. The number of anilines is 2. The van der Waals surface area contributed by atoms with Crippen molar-refractivity contribution in [3.05, 3.63) is 53.1 Å². The second kappa shape index (κ2) is 9.17. The Morgan fingerprint density at radius 1 is 1.15 bits per heavy atom. The van der Waals surface area contributed by atoms with Crippen molar-refractivity contribution in [1.82, 2.24) is 0 Å². The molecule has 0 aliphatic carbocycles. The molecule has 1 N–H and O–H groups in total. The van der Waals surface area contributed by atoms with E-state index in [1.165, 1.54) is 31.2 Å². The number of fused-ring (bicyclic) bond motifs is 1. The van der Waals surface area contributed by atoms with Crippen LogP contribution in [0.15, 0.2) is 45.7 Å². The van der Waals surface area contributed by atoms with E-state index in [1.807, 2.05) is 25.7 Å². The fraction of sp³-hybridized carbons (Fsp3) is 0.391. The molecule has 1 amide bonds. The van der Waals surface area contributed by atoms with Crippen molar-refractivity contribution in [1.29, 1.82) is 0 Å². The maximum Gasteiger partial charge on any atom is 0.416 e. The lowest BCUT2D eigenvalue weighted by Gasteiger charge is -2.32. The van der Waals surface area contributed by atoms with Gasteiger partial charge in [0.15, 0.2) is 0 Å². The lowest BCUT2D eigenvalue weighted by atomic mass is 10.0. The molecule has 3 rings (SSSR count). The maximum atomic E-state index is 13.2. The molecule has 0 fully saturated rings. The third kappa shape index (κ3) is 5.38. The van der Waals surface area contributed by atoms with Crippen molar-refractivity contribution in [2.75, 3.05) is 16.8 Å². The van der Waals surface area contributed by atoms with E-state index in [4.69, 9.17) is 0 Å². The summed E-state index contributed by atoms with van der Waals surface area (Å²) in [4.78, 5) is 14.4. The Balaban J connectivity index is 1.96. The number of alkyl halides is 3. The Kier molecular flexibility index (Phi) is 6.88. The van der Waals surface area contributed by atoms with Crippen LogP contribution in [0.2, 0.25) is 0 Å². The zero-order chi connectivity index (χ0) is 24.6. The molecule has 1 heterocycles. The van der Waals surface area contributed by atoms with E-state index >= 15 is 0 Å². The molecule has 0 unspecified atom stereocenters. The summed E-state index contributed by atoms with van der Waals surface area (Å²) < 4.78 is 69.2. The molecular weight excluding hydrogens is 455 g/mol. The van der Waals surface area contributed by atoms with Gasteiger partial charge in [0.2, 0.25) is 0 Å². The molecule has 33 heavy (non-hydrogen) atoms. The molecule has 0 saturated carbocycles. The predicted molar refractivity (Wildman–Crippen MR) is 122 cm³/mol. The van der Waals surface area contributed by atoms with Crippen molar-refractivity contribution in [3.63, 3.8) is 0 Å². The highest BCUT2D eigenvalue weighted by Gasteiger charge is 2.33. The number of carbonyl (C=O) groups is 1. The van der Waals surface area contributed by atoms with Gasteiger partial charge in [-0.1, -0.05) is 26.8 Å². The SMILES string of the molecule is CCCC1=NS(=O)(=O)c2cc(NC(=O)c3ccc(C)c(C(F)(F)F)c3)ccc2N1CC(C)C. The number of halogens is 3. The highest BCUT2D eigenvalue weighted by molar-refractivity contribution is 7.90. The van der Waals surface area contributed by atoms with Gasteiger partial charge in [-0.3, -0.25) is 4.79 Å². The summed E-state index contributed by atoms with van der Waals surface area (Å²) in [6.07, 6.45) is -3.37. The third-order valence-corrected chi connectivity index (χ3v) is 6.48. The molecule has 2 aromatic carbocycles. The molecule has 0 spiro atoms. The molecule has 0 radical (unpaired) electrons. The van der Waals surface area contributed by atoms with Crippen LogP contribution >= 0.6 is 0 Å². The van der Waals surface area contributed by atoms with E-state index in [2.05, 4.69) is 9.71 Å². The van der Waals surface area contributed by atoms with Crippen LogP contribution in [0.5, 0.6) is 0 Å². The molecule has 0 atom stereocenters. The van der Waals surface area contributed by atoms with Crippen LogP contribution in [0, 0.1) is 12.8 Å². The van der Waals surface area contributed by atoms with Gasteiger partial charge in [0, 0.05) is 24.2 Å². The number of rotatable bonds is 6. The average molecular weight is 482 g/mol. The minimum atomic E-state index is -4.59. The van der Waals surface area contributed by atoms with Crippen molar-refractivity contribution in [2.45, 2.75) is 51.6 Å². The molecule has 0 aromatic heterocycles. The van der Waals surface area contributed by atoms with Gasteiger partial charge < -0.3 is 10.2 Å². The second-order valence-corrected chi connectivity index (χ2v) is 9.97.